The molecule has 0 aliphatic rings. The van der Waals surface area contributed by atoms with Gasteiger partial charge < -0.3 is 9.47 Å². The summed E-state index contributed by atoms with van der Waals surface area (Å²) < 4.78 is 10.4. The lowest BCUT2D eigenvalue weighted by Crippen LogP contribution is -1.95. The first-order valence-corrected chi connectivity index (χ1v) is 7.20. The summed E-state index contributed by atoms with van der Waals surface area (Å²) in [6.45, 7) is 0. The molecule has 2 rings (SSSR count). The predicted molar refractivity (Wildman–Crippen MR) is 89.4 cm³/mol. The fourth-order valence-corrected chi connectivity index (χ4v) is 2.41. The van der Waals surface area contributed by atoms with Gasteiger partial charge in [0.15, 0.2) is 17.3 Å². The van der Waals surface area contributed by atoms with Crippen LogP contribution in [-0.4, -0.2) is 20.0 Å². The molecule has 0 fully saturated rings. The van der Waals surface area contributed by atoms with Gasteiger partial charge in [-0.2, -0.15) is 0 Å². The summed E-state index contributed by atoms with van der Waals surface area (Å²) >= 11 is 11.8. The lowest BCUT2D eigenvalue weighted by molar-refractivity contribution is 0.104. The van der Waals surface area contributed by atoms with Crippen LogP contribution in [0.3, 0.4) is 0 Å². The van der Waals surface area contributed by atoms with E-state index in [9.17, 15) is 4.79 Å². The van der Waals surface area contributed by atoms with Crippen LogP contribution < -0.4 is 9.47 Å². The summed E-state index contributed by atoms with van der Waals surface area (Å²) in [4.78, 5) is 12.2. The quantitative estimate of drug-likeness (QED) is 0.575. The summed E-state index contributed by atoms with van der Waals surface area (Å²) in [7, 11) is 3.13. The number of hydrogen-bond acceptors (Lipinski definition) is 3. The average molecular weight is 337 g/mol. The van der Waals surface area contributed by atoms with Crippen molar-refractivity contribution < 1.29 is 14.3 Å². The van der Waals surface area contributed by atoms with Gasteiger partial charge in [0.25, 0.3) is 0 Å². The Morgan fingerprint density at radius 3 is 2.36 bits per heavy atom. The van der Waals surface area contributed by atoms with Gasteiger partial charge in [-0.3, -0.25) is 4.79 Å². The minimum atomic E-state index is -0.198. The van der Waals surface area contributed by atoms with Crippen LogP contribution in [0.2, 0.25) is 10.0 Å². The molecule has 0 heterocycles. The molecule has 3 nitrogen and oxygen atoms in total. The zero-order chi connectivity index (χ0) is 16.1. The standard InChI is InChI=1S/C17H14Cl2O3/c1-21-16-8-4-11(9-17(16)22-2)3-7-15(20)13-6-5-12(18)10-14(13)19/h3-10H,1-2H3/b7-3+. The van der Waals surface area contributed by atoms with Crippen molar-refractivity contribution in [2.75, 3.05) is 14.2 Å². The molecule has 0 amide bonds. The first kappa shape index (κ1) is 16.4. The number of ether oxygens (including phenoxy) is 2. The highest BCUT2D eigenvalue weighted by Crippen LogP contribution is 2.28. The molecular weight excluding hydrogens is 323 g/mol. The maximum Gasteiger partial charge on any atom is 0.187 e. The molecule has 0 aromatic heterocycles. The number of methoxy groups -OCH3 is 2. The molecule has 22 heavy (non-hydrogen) atoms. The summed E-state index contributed by atoms with van der Waals surface area (Å²) in [5.41, 5.74) is 1.22. The monoisotopic (exact) mass is 336 g/mol. The number of carbonyl (C=O) groups is 1. The van der Waals surface area contributed by atoms with Gasteiger partial charge in [0, 0.05) is 10.6 Å². The Kier molecular flexibility index (Phi) is 5.47. The van der Waals surface area contributed by atoms with E-state index in [1.165, 1.54) is 6.08 Å². The third-order valence-corrected chi connectivity index (χ3v) is 3.58. The van der Waals surface area contributed by atoms with E-state index in [4.69, 9.17) is 32.7 Å². The molecule has 0 aliphatic heterocycles. The zero-order valence-electron chi connectivity index (χ0n) is 12.1. The predicted octanol–water partition coefficient (Wildman–Crippen LogP) is 4.91. The first-order chi connectivity index (χ1) is 10.5. The summed E-state index contributed by atoms with van der Waals surface area (Å²) in [6, 6.07) is 10.2. The second kappa shape index (κ2) is 7.34. The van der Waals surface area contributed by atoms with E-state index < -0.39 is 0 Å². The van der Waals surface area contributed by atoms with Crippen LogP contribution in [0.1, 0.15) is 15.9 Å². The molecular formula is C17H14Cl2O3. The van der Waals surface area contributed by atoms with Gasteiger partial charge in [-0.05, 0) is 42.0 Å². The van der Waals surface area contributed by atoms with Crippen molar-refractivity contribution >= 4 is 35.1 Å². The van der Waals surface area contributed by atoms with Gasteiger partial charge in [-0.15, -0.1) is 0 Å². The molecule has 2 aromatic rings. The minimum absolute atomic E-state index is 0.198. The Morgan fingerprint density at radius 2 is 1.73 bits per heavy atom. The summed E-state index contributed by atoms with van der Waals surface area (Å²) in [5.74, 6) is 1.03. The van der Waals surface area contributed by atoms with Crippen LogP contribution in [0.5, 0.6) is 11.5 Å². The number of allylic oxidation sites excluding steroid dienone is 1. The van der Waals surface area contributed by atoms with Gasteiger partial charge in [-0.25, -0.2) is 0 Å². The van der Waals surface area contributed by atoms with E-state index in [1.54, 1.807) is 50.6 Å². The van der Waals surface area contributed by atoms with Crippen LogP contribution in [-0.2, 0) is 0 Å². The van der Waals surface area contributed by atoms with Gasteiger partial charge >= 0.3 is 0 Å². The number of hydrogen-bond donors (Lipinski definition) is 0. The highest BCUT2D eigenvalue weighted by atomic mass is 35.5. The molecule has 114 valence electrons. The Labute approximate surface area is 139 Å². The number of rotatable bonds is 5. The second-order valence-corrected chi connectivity index (χ2v) is 5.28. The van der Waals surface area contributed by atoms with E-state index in [0.717, 1.165) is 5.56 Å². The highest BCUT2D eigenvalue weighted by molar-refractivity contribution is 6.37. The lowest BCUT2D eigenvalue weighted by atomic mass is 10.1. The fourth-order valence-electron chi connectivity index (χ4n) is 1.91. The molecule has 0 saturated heterocycles. The van der Waals surface area contributed by atoms with Crippen molar-refractivity contribution in [3.8, 4) is 11.5 Å². The largest absolute Gasteiger partial charge is 0.493 e. The third-order valence-electron chi connectivity index (χ3n) is 3.03. The Hall–Kier alpha value is -1.97. The van der Waals surface area contributed by atoms with Crippen molar-refractivity contribution in [3.63, 3.8) is 0 Å². The van der Waals surface area contributed by atoms with Gasteiger partial charge in [0.1, 0.15) is 0 Å². The van der Waals surface area contributed by atoms with Crippen LogP contribution in [0.15, 0.2) is 42.5 Å². The topological polar surface area (TPSA) is 35.5 Å². The van der Waals surface area contributed by atoms with Crippen LogP contribution in [0.4, 0.5) is 0 Å². The van der Waals surface area contributed by atoms with Gasteiger partial charge in [0.2, 0.25) is 0 Å². The molecule has 0 aliphatic carbocycles. The van der Waals surface area contributed by atoms with Crippen LogP contribution in [0.25, 0.3) is 6.08 Å². The van der Waals surface area contributed by atoms with Crippen molar-refractivity contribution in [2.24, 2.45) is 0 Å². The van der Waals surface area contributed by atoms with Crippen molar-refractivity contribution in [1.29, 1.82) is 0 Å². The van der Waals surface area contributed by atoms with Crippen LogP contribution >= 0.6 is 23.2 Å². The molecule has 2 aromatic carbocycles. The van der Waals surface area contributed by atoms with Crippen LogP contribution in [0, 0.1) is 0 Å². The van der Waals surface area contributed by atoms with E-state index in [0.29, 0.717) is 27.1 Å². The molecule has 0 spiro atoms. The fraction of sp³-hybridized carbons (Fsp3) is 0.118. The van der Waals surface area contributed by atoms with Crippen molar-refractivity contribution in [3.05, 3.63) is 63.6 Å². The minimum Gasteiger partial charge on any atom is -0.493 e. The Bertz CT molecular complexity index is 724. The van der Waals surface area contributed by atoms with E-state index in [2.05, 4.69) is 0 Å². The van der Waals surface area contributed by atoms with Crippen molar-refractivity contribution in [1.82, 2.24) is 0 Å². The van der Waals surface area contributed by atoms with Gasteiger partial charge in [0.05, 0.1) is 19.2 Å². The molecule has 0 N–H and O–H groups in total. The molecule has 0 atom stereocenters. The normalized spacial score (nSPS) is 10.7. The summed E-state index contributed by atoms with van der Waals surface area (Å²) in [5, 5.41) is 0.819. The number of carbonyl (C=O) groups excluding carboxylic acids is 1. The smallest absolute Gasteiger partial charge is 0.187 e. The van der Waals surface area contributed by atoms with Crippen molar-refractivity contribution in [2.45, 2.75) is 0 Å². The SMILES string of the molecule is COc1ccc(/C=C/C(=O)c2ccc(Cl)cc2Cl)cc1OC. The molecule has 0 unspecified atom stereocenters. The zero-order valence-corrected chi connectivity index (χ0v) is 13.6. The molecule has 0 saturated carbocycles. The molecule has 0 bridgehead atoms. The second-order valence-electron chi connectivity index (χ2n) is 4.44. The number of benzene rings is 2. The van der Waals surface area contributed by atoms with E-state index in [-0.39, 0.29) is 5.78 Å². The van der Waals surface area contributed by atoms with E-state index in [1.807, 2.05) is 6.07 Å². The maximum atomic E-state index is 12.2. The number of halogens is 2. The third kappa shape index (κ3) is 3.81. The van der Waals surface area contributed by atoms with Gasteiger partial charge in [-0.1, -0.05) is 35.3 Å². The Morgan fingerprint density at radius 1 is 1.00 bits per heavy atom. The average Bonchev–Trinajstić information content (AvgIpc) is 2.52. The lowest BCUT2D eigenvalue weighted by Gasteiger charge is -2.07. The number of ketones is 1. The Balaban J connectivity index is 2.22. The molecule has 5 heteroatoms. The first-order valence-electron chi connectivity index (χ1n) is 6.44. The molecule has 0 radical (unpaired) electrons. The highest BCUT2D eigenvalue weighted by Gasteiger charge is 2.08. The maximum absolute atomic E-state index is 12.2. The van der Waals surface area contributed by atoms with E-state index >= 15 is 0 Å². The summed E-state index contributed by atoms with van der Waals surface area (Å²) in [6.07, 6.45) is 3.14.